The Labute approximate surface area is 163 Å². The van der Waals surface area contributed by atoms with Crippen molar-refractivity contribution in [2.45, 2.75) is 11.8 Å². The van der Waals surface area contributed by atoms with Crippen LogP contribution >= 0.6 is 0 Å². The van der Waals surface area contributed by atoms with Crippen LogP contribution in [0.25, 0.3) is 22.4 Å². The van der Waals surface area contributed by atoms with Crippen molar-refractivity contribution in [2.24, 2.45) is 0 Å². The molecule has 4 rings (SSSR count). The van der Waals surface area contributed by atoms with E-state index in [4.69, 9.17) is 4.74 Å². The molecule has 0 amide bonds. The summed E-state index contributed by atoms with van der Waals surface area (Å²) in [7, 11) is -3.78. The molecule has 0 spiro atoms. The highest BCUT2D eigenvalue weighted by atomic mass is 32.2. The van der Waals surface area contributed by atoms with Gasteiger partial charge in [0.2, 0.25) is 0 Å². The van der Waals surface area contributed by atoms with Gasteiger partial charge in [-0.05, 0) is 37.3 Å². The number of benzene rings is 3. The predicted molar refractivity (Wildman–Crippen MR) is 110 cm³/mol. The van der Waals surface area contributed by atoms with Crippen LogP contribution in [0.5, 0.6) is 5.75 Å². The zero-order chi connectivity index (χ0) is 19.6. The number of sulfonamides is 1. The van der Waals surface area contributed by atoms with E-state index in [2.05, 4.69) is 14.7 Å². The van der Waals surface area contributed by atoms with Gasteiger partial charge >= 0.3 is 0 Å². The summed E-state index contributed by atoms with van der Waals surface area (Å²) in [5.41, 5.74) is 2.69. The van der Waals surface area contributed by atoms with Crippen molar-refractivity contribution < 1.29 is 13.2 Å². The highest BCUT2D eigenvalue weighted by Gasteiger charge is 2.18. The molecule has 3 aromatic carbocycles. The summed E-state index contributed by atoms with van der Waals surface area (Å²) in [4.78, 5) is 7.88. The Kier molecular flexibility index (Phi) is 4.75. The van der Waals surface area contributed by atoms with E-state index in [-0.39, 0.29) is 4.90 Å². The van der Waals surface area contributed by atoms with Crippen LogP contribution in [0.4, 0.5) is 5.69 Å². The van der Waals surface area contributed by atoms with Crippen LogP contribution in [0.3, 0.4) is 0 Å². The van der Waals surface area contributed by atoms with Crippen LogP contribution in [0.2, 0.25) is 0 Å². The topological polar surface area (TPSA) is 84.1 Å². The molecule has 142 valence electrons. The Bertz CT molecular complexity index is 1220. The fourth-order valence-electron chi connectivity index (χ4n) is 2.92. The molecule has 0 aliphatic carbocycles. The molecule has 0 bridgehead atoms. The smallest absolute Gasteiger partial charge is 0.262 e. The van der Waals surface area contributed by atoms with Crippen molar-refractivity contribution >= 4 is 26.7 Å². The molecule has 28 heavy (non-hydrogen) atoms. The number of hydrogen-bond acceptors (Lipinski definition) is 4. The van der Waals surface area contributed by atoms with Gasteiger partial charge < -0.3 is 9.72 Å². The Hall–Kier alpha value is -3.32. The van der Waals surface area contributed by atoms with Crippen molar-refractivity contribution in [3.8, 4) is 17.1 Å². The minimum Gasteiger partial charge on any atom is -0.492 e. The van der Waals surface area contributed by atoms with E-state index in [9.17, 15) is 8.42 Å². The van der Waals surface area contributed by atoms with Crippen LogP contribution in [-0.4, -0.2) is 25.0 Å². The number of aromatic nitrogens is 2. The summed E-state index contributed by atoms with van der Waals surface area (Å²) in [5.74, 6) is 1.18. The van der Waals surface area contributed by atoms with Gasteiger partial charge in [-0.15, -0.1) is 0 Å². The van der Waals surface area contributed by atoms with Gasteiger partial charge in [0.25, 0.3) is 10.0 Å². The lowest BCUT2D eigenvalue weighted by molar-refractivity contribution is 0.342. The van der Waals surface area contributed by atoms with Crippen molar-refractivity contribution in [1.82, 2.24) is 9.97 Å². The van der Waals surface area contributed by atoms with E-state index >= 15 is 0 Å². The average molecular weight is 393 g/mol. The number of nitrogens with zero attached hydrogens (tertiary/aromatic N) is 1. The average Bonchev–Trinajstić information content (AvgIpc) is 3.14. The lowest BCUT2D eigenvalue weighted by Crippen LogP contribution is -2.13. The number of rotatable bonds is 6. The monoisotopic (exact) mass is 393 g/mol. The number of H-pyrrole nitrogens is 1. The van der Waals surface area contributed by atoms with Gasteiger partial charge in [-0.25, -0.2) is 13.4 Å². The first-order valence-corrected chi connectivity index (χ1v) is 10.3. The molecule has 0 saturated carbocycles. The van der Waals surface area contributed by atoms with E-state index < -0.39 is 10.0 Å². The quantitative estimate of drug-likeness (QED) is 0.508. The summed E-state index contributed by atoms with van der Waals surface area (Å²) < 4.78 is 33.9. The molecule has 4 aromatic rings. The van der Waals surface area contributed by atoms with Gasteiger partial charge in [0, 0.05) is 5.56 Å². The molecule has 6 nitrogen and oxygen atoms in total. The summed E-state index contributed by atoms with van der Waals surface area (Å²) in [6, 6.07) is 21.5. The number of fused-ring (bicyclic) bond motifs is 1. The first kappa shape index (κ1) is 18.1. The molecule has 0 aliphatic rings. The van der Waals surface area contributed by atoms with Crippen molar-refractivity contribution in [3.05, 3.63) is 72.8 Å². The molecule has 0 fully saturated rings. The van der Waals surface area contributed by atoms with E-state index in [1.54, 1.807) is 42.5 Å². The standard InChI is InChI=1S/C21H19N3O3S/c1-2-27-20-11-7-6-10-18(20)24-28(25,26)16-12-13-17-19(14-16)23-21(22-17)15-8-4-3-5-9-15/h3-14,24H,2H2,1H3,(H,22,23). The zero-order valence-corrected chi connectivity index (χ0v) is 16.0. The number of anilines is 1. The van der Waals surface area contributed by atoms with Crippen molar-refractivity contribution in [3.63, 3.8) is 0 Å². The molecule has 0 saturated heterocycles. The Balaban J connectivity index is 1.68. The molecule has 7 heteroatoms. The maximum Gasteiger partial charge on any atom is 0.262 e. The largest absolute Gasteiger partial charge is 0.492 e. The van der Waals surface area contributed by atoms with Crippen LogP contribution in [-0.2, 0) is 10.0 Å². The normalized spacial score (nSPS) is 11.5. The van der Waals surface area contributed by atoms with E-state index in [1.807, 2.05) is 37.3 Å². The third-order valence-electron chi connectivity index (χ3n) is 4.24. The number of ether oxygens (including phenoxy) is 1. The SMILES string of the molecule is CCOc1ccccc1NS(=O)(=O)c1ccc2nc(-c3ccccc3)[nH]c2c1. The number of hydrogen-bond donors (Lipinski definition) is 2. The van der Waals surface area contributed by atoms with E-state index in [0.717, 1.165) is 5.56 Å². The summed E-state index contributed by atoms with van der Waals surface area (Å²) in [6.45, 7) is 2.29. The summed E-state index contributed by atoms with van der Waals surface area (Å²) in [6.07, 6.45) is 0. The van der Waals surface area contributed by atoms with E-state index in [1.165, 1.54) is 0 Å². The maximum atomic E-state index is 12.9. The second-order valence-corrected chi connectivity index (χ2v) is 7.85. The third kappa shape index (κ3) is 3.57. The number of aromatic amines is 1. The van der Waals surface area contributed by atoms with Gasteiger partial charge in [-0.2, -0.15) is 0 Å². The number of imidazole rings is 1. The summed E-state index contributed by atoms with van der Waals surface area (Å²) >= 11 is 0. The number of para-hydroxylation sites is 2. The Morgan fingerprint density at radius 2 is 1.75 bits per heavy atom. The number of nitrogens with one attached hydrogen (secondary N) is 2. The van der Waals surface area contributed by atoms with Gasteiger partial charge in [0.15, 0.2) is 0 Å². The van der Waals surface area contributed by atoms with Gasteiger partial charge in [-0.3, -0.25) is 4.72 Å². The van der Waals surface area contributed by atoms with Gasteiger partial charge in [0.05, 0.1) is 28.2 Å². The second-order valence-electron chi connectivity index (χ2n) is 6.17. The fourth-order valence-corrected chi connectivity index (χ4v) is 4.02. The third-order valence-corrected chi connectivity index (χ3v) is 5.61. The highest BCUT2D eigenvalue weighted by Crippen LogP contribution is 2.28. The van der Waals surface area contributed by atoms with Crippen molar-refractivity contribution in [2.75, 3.05) is 11.3 Å². The summed E-state index contributed by atoms with van der Waals surface area (Å²) in [5, 5.41) is 0. The van der Waals surface area contributed by atoms with Crippen LogP contribution < -0.4 is 9.46 Å². The lowest BCUT2D eigenvalue weighted by atomic mass is 10.2. The fraction of sp³-hybridized carbons (Fsp3) is 0.0952. The molecule has 1 aromatic heterocycles. The minimum absolute atomic E-state index is 0.148. The second kappa shape index (κ2) is 7.36. The highest BCUT2D eigenvalue weighted by molar-refractivity contribution is 7.92. The maximum absolute atomic E-state index is 12.9. The molecule has 0 atom stereocenters. The van der Waals surface area contributed by atoms with Crippen molar-refractivity contribution in [1.29, 1.82) is 0 Å². The molecule has 1 heterocycles. The van der Waals surface area contributed by atoms with E-state index in [0.29, 0.717) is 34.9 Å². The molecule has 0 radical (unpaired) electrons. The lowest BCUT2D eigenvalue weighted by Gasteiger charge is -2.12. The van der Waals surface area contributed by atoms with Crippen LogP contribution in [0.1, 0.15) is 6.92 Å². The Morgan fingerprint density at radius 3 is 2.54 bits per heavy atom. The predicted octanol–water partition coefficient (Wildman–Crippen LogP) is 4.43. The molecule has 2 N–H and O–H groups in total. The molecular formula is C21H19N3O3S. The molecular weight excluding hydrogens is 374 g/mol. The minimum atomic E-state index is -3.78. The van der Waals surface area contributed by atoms with Crippen LogP contribution in [0, 0.1) is 0 Å². The zero-order valence-electron chi connectivity index (χ0n) is 15.2. The van der Waals surface area contributed by atoms with Gasteiger partial charge in [0.1, 0.15) is 11.6 Å². The Morgan fingerprint density at radius 1 is 1.00 bits per heavy atom. The first-order chi connectivity index (χ1) is 13.6. The molecule has 0 aliphatic heterocycles. The van der Waals surface area contributed by atoms with Gasteiger partial charge in [-0.1, -0.05) is 42.5 Å². The van der Waals surface area contributed by atoms with Crippen LogP contribution in [0.15, 0.2) is 77.7 Å². The first-order valence-electron chi connectivity index (χ1n) is 8.86. The molecule has 0 unspecified atom stereocenters.